The Kier molecular flexibility index (Phi) is 6.19. The van der Waals surface area contributed by atoms with Crippen molar-refractivity contribution in [2.45, 2.75) is 32.7 Å². The molecular weight excluding hydrogens is 202 g/mol. The van der Waals surface area contributed by atoms with E-state index in [1.165, 1.54) is 0 Å². The van der Waals surface area contributed by atoms with Gasteiger partial charge < -0.3 is 14.5 Å². The van der Waals surface area contributed by atoms with Crippen molar-refractivity contribution in [1.82, 2.24) is 5.32 Å². The summed E-state index contributed by atoms with van der Waals surface area (Å²) >= 11 is 0. The van der Waals surface area contributed by atoms with Crippen LogP contribution in [0, 0.1) is 5.92 Å². The minimum atomic E-state index is 0.306. The van der Waals surface area contributed by atoms with Crippen LogP contribution in [0.3, 0.4) is 0 Å². The number of methoxy groups -OCH3 is 1. The van der Waals surface area contributed by atoms with Gasteiger partial charge in [-0.2, -0.15) is 0 Å². The van der Waals surface area contributed by atoms with Crippen LogP contribution in [0.25, 0.3) is 0 Å². The molecule has 2 unspecified atom stereocenters. The average Bonchev–Trinajstić information content (AvgIpc) is 2.77. The summed E-state index contributed by atoms with van der Waals surface area (Å²) in [6, 6.07) is 4.28. The van der Waals surface area contributed by atoms with Gasteiger partial charge in [0.25, 0.3) is 0 Å². The molecule has 0 aromatic carbocycles. The van der Waals surface area contributed by atoms with Crippen LogP contribution in [-0.2, 0) is 4.74 Å². The van der Waals surface area contributed by atoms with Gasteiger partial charge >= 0.3 is 0 Å². The summed E-state index contributed by atoms with van der Waals surface area (Å²) in [6.45, 7) is 6.19. The van der Waals surface area contributed by atoms with Gasteiger partial charge in [0.2, 0.25) is 0 Å². The molecule has 92 valence electrons. The number of ether oxygens (including phenoxy) is 1. The summed E-state index contributed by atoms with van der Waals surface area (Å²) in [5.41, 5.74) is 0. The smallest absolute Gasteiger partial charge is 0.120 e. The van der Waals surface area contributed by atoms with Gasteiger partial charge in [-0.3, -0.25) is 0 Å². The molecule has 0 saturated carbocycles. The number of nitrogens with one attached hydrogen (secondary N) is 1. The lowest BCUT2D eigenvalue weighted by molar-refractivity contribution is 0.147. The fourth-order valence-electron chi connectivity index (χ4n) is 1.86. The van der Waals surface area contributed by atoms with Crippen LogP contribution >= 0.6 is 0 Å². The van der Waals surface area contributed by atoms with E-state index < -0.39 is 0 Å². The summed E-state index contributed by atoms with van der Waals surface area (Å²) in [5.74, 6) is 1.56. The monoisotopic (exact) mass is 225 g/mol. The van der Waals surface area contributed by atoms with Gasteiger partial charge in [-0.15, -0.1) is 0 Å². The summed E-state index contributed by atoms with van der Waals surface area (Å²) in [7, 11) is 1.75. The molecule has 0 amide bonds. The zero-order valence-corrected chi connectivity index (χ0v) is 10.5. The summed E-state index contributed by atoms with van der Waals surface area (Å²) in [4.78, 5) is 0. The van der Waals surface area contributed by atoms with Crippen LogP contribution in [0.2, 0.25) is 0 Å². The van der Waals surface area contributed by atoms with E-state index >= 15 is 0 Å². The topological polar surface area (TPSA) is 34.4 Å². The van der Waals surface area contributed by atoms with Crippen LogP contribution < -0.4 is 5.32 Å². The fourth-order valence-corrected chi connectivity index (χ4v) is 1.86. The van der Waals surface area contributed by atoms with E-state index in [-0.39, 0.29) is 0 Å². The molecule has 0 aliphatic heterocycles. The lowest BCUT2D eigenvalue weighted by atomic mass is 10.0. The third-order valence-electron chi connectivity index (χ3n) is 2.62. The Balaban J connectivity index is 2.50. The second kappa shape index (κ2) is 7.47. The molecule has 3 nitrogen and oxygen atoms in total. The number of rotatable bonds is 8. The molecule has 0 aliphatic carbocycles. The van der Waals surface area contributed by atoms with Crippen LogP contribution in [0.5, 0.6) is 0 Å². The minimum absolute atomic E-state index is 0.306. The lowest BCUT2D eigenvalue weighted by Crippen LogP contribution is -2.24. The molecule has 1 heterocycles. The predicted molar refractivity (Wildman–Crippen MR) is 65.4 cm³/mol. The molecular formula is C13H23NO2. The first-order chi connectivity index (χ1) is 7.77. The summed E-state index contributed by atoms with van der Waals surface area (Å²) < 4.78 is 10.6. The van der Waals surface area contributed by atoms with Gasteiger partial charge in [0, 0.05) is 13.7 Å². The Bertz CT molecular complexity index is 259. The van der Waals surface area contributed by atoms with Crippen molar-refractivity contribution in [3.8, 4) is 0 Å². The van der Waals surface area contributed by atoms with Gasteiger partial charge in [0.05, 0.1) is 12.3 Å². The molecule has 0 bridgehead atoms. The standard InChI is InChI=1S/C13H23NO2/c1-4-7-14-12(9-11(2)10-15-3)13-6-5-8-16-13/h5-6,8,11-12,14H,4,7,9-10H2,1-3H3. The molecule has 2 atom stereocenters. The number of hydrogen-bond donors (Lipinski definition) is 1. The highest BCUT2D eigenvalue weighted by molar-refractivity contribution is 5.04. The number of hydrogen-bond acceptors (Lipinski definition) is 3. The van der Waals surface area contributed by atoms with Gasteiger partial charge in [-0.25, -0.2) is 0 Å². The second-order valence-electron chi connectivity index (χ2n) is 4.32. The second-order valence-corrected chi connectivity index (χ2v) is 4.32. The summed E-state index contributed by atoms with van der Waals surface area (Å²) in [5, 5.41) is 3.51. The highest BCUT2D eigenvalue weighted by atomic mass is 16.5. The van der Waals surface area contributed by atoms with Gasteiger partial charge in [0.15, 0.2) is 0 Å². The van der Waals surface area contributed by atoms with Gasteiger partial charge in [0.1, 0.15) is 5.76 Å². The quantitative estimate of drug-likeness (QED) is 0.738. The third-order valence-corrected chi connectivity index (χ3v) is 2.62. The minimum Gasteiger partial charge on any atom is -0.468 e. The fraction of sp³-hybridized carbons (Fsp3) is 0.692. The highest BCUT2D eigenvalue weighted by Crippen LogP contribution is 2.21. The van der Waals surface area contributed by atoms with Crippen LogP contribution in [-0.4, -0.2) is 20.3 Å². The molecule has 3 heteroatoms. The molecule has 16 heavy (non-hydrogen) atoms. The van der Waals surface area contributed by atoms with Crippen molar-refractivity contribution in [1.29, 1.82) is 0 Å². The molecule has 1 aromatic rings. The van der Waals surface area contributed by atoms with Crippen molar-refractivity contribution in [2.75, 3.05) is 20.3 Å². The first-order valence-electron chi connectivity index (χ1n) is 6.03. The summed E-state index contributed by atoms with van der Waals surface area (Å²) in [6.07, 6.45) is 3.91. The maximum atomic E-state index is 5.47. The van der Waals surface area contributed by atoms with Crippen molar-refractivity contribution >= 4 is 0 Å². The zero-order chi connectivity index (χ0) is 11.8. The first-order valence-corrected chi connectivity index (χ1v) is 6.03. The molecule has 0 fully saturated rings. The van der Waals surface area contributed by atoms with E-state index in [4.69, 9.17) is 9.15 Å². The van der Waals surface area contributed by atoms with E-state index in [1.807, 2.05) is 12.1 Å². The van der Waals surface area contributed by atoms with E-state index in [0.29, 0.717) is 12.0 Å². The average molecular weight is 225 g/mol. The van der Waals surface area contributed by atoms with E-state index in [9.17, 15) is 0 Å². The molecule has 0 spiro atoms. The van der Waals surface area contributed by atoms with Gasteiger partial charge in [-0.1, -0.05) is 13.8 Å². The Morgan fingerprint density at radius 1 is 1.50 bits per heavy atom. The van der Waals surface area contributed by atoms with E-state index in [1.54, 1.807) is 13.4 Å². The molecule has 0 saturated heterocycles. The van der Waals surface area contributed by atoms with Gasteiger partial charge in [-0.05, 0) is 37.4 Å². The maximum absolute atomic E-state index is 5.47. The largest absolute Gasteiger partial charge is 0.468 e. The van der Waals surface area contributed by atoms with Crippen LogP contribution in [0.4, 0.5) is 0 Å². The molecule has 1 N–H and O–H groups in total. The lowest BCUT2D eigenvalue weighted by Gasteiger charge is -2.20. The van der Waals surface area contributed by atoms with Crippen LogP contribution in [0.15, 0.2) is 22.8 Å². The Labute approximate surface area is 98.2 Å². The van der Waals surface area contributed by atoms with Crippen molar-refractivity contribution < 1.29 is 9.15 Å². The molecule has 1 aromatic heterocycles. The Hall–Kier alpha value is -0.800. The van der Waals surface area contributed by atoms with Crippen LogP contribution in [0.1, 0.15) is 38.5 Å². The normalized spacial score (nSPS) is 14.9. The first kappa shape index (κ1) is 13.3. The third kappa shape index (κ3) is 4.37. The predicted octanol–water partition coefficient (Wildman–Crippen LogP) is 2.99. The van der Waals surface area contributed by atoms with E-state index in [2.05, 4.69) is 19.2 Å². The van der Waals surface area contributed by atoms with Crippen molar-refractivity contribution in [3.05, 3.63) is 24.2 Å². The van der Waals surface area contributed by atoms with Crippen molar-refractivity contribution in [2.24, 2.45) is 5.92 Å². The Morgan fingerprint density at radius 2 is 2.31 bits per heavy atom. The molecule has 0 aliphatic rings. The van der Waals surface area contributed by atoms with Crippen molar-refractivity contribution in [3.63, 3.8) is 0 Å². The SMILES string of the molecule is CCCNC(CC(C)COC)c1ccco1. The molecule has 1 rings (SSSR count). The molecule has 0 radical (unpaired) electrons. The zero-order valence-electron chi connectivity index (χ0n) is 10.5. The number of furan rings is 1. The maximum Gasteiger partial charge on any atom is 0.120 e. The van der Waals surface area contributed by atoms with E-state index in [0.717, 1.165) is 31.8 Å². The highest BCUT2D eigenvalue weighted by Gasteiger charge is 2.16. The Morgan fingerprint density at radius 3 is 2.88 bits per heavy atom.